The normalized spacial score (nSPS) is 14.5. The van der Waals surface area contributed by atoms with E-state index in [4.69, 9.17) is 0 Å². The molecule has 2 heterocycles. The third kappa shape index (κ3) is 8.21. The summed E-state index contributed by atoms with van der Waals surface area (Å²) in [5.74, 6) is 0.471. The first-order valence-electron chi connectivity index (χ1n) is 14.4. The van der Waals surface area contributed by atoms with Gasteiger partial charge in [0.2, 0.25) is 5.91 Å². The van der Waals surface area contributed by atoms with Gasteiger partial charge in [0.1, 0.15) is 12.1 Å². The lowest BCUT2D eigenvalue weighted by Gasteiger charge is -2.22. The molecule has 0 radical (unpaired) electrons. The molecule has 238 valence electrons. The van der Waals surface area contributed by atoms with Crippen molar-refractivity contribution >= 4 is 40.6 Å². The summed E-state index contributed by atoms with van der Waals surface area (Å²) in [7, 11) is 0. The molecule has 46 heavy (non-hydrogen) atoms. The molecule has 9 nitrogen and oxygen atoms in total. The minimum absolute atomic E-state index is 0.102. The van der Waals surface area contributed by atoms with E-state index in [0.717, 1.165) is 27.9 Å². The number of thioether (sulfide) groups is 1. The van der Waals surface area contributed by atoms with Crippen molar-refractivity contribution < 1.29 is 27.5 Å². The number of nitrogens with one attached hydrogen (secondary N) is 1. The Hall–Kier alpha value is -4.91. The summed E-state index contributed by atoms with van der Waals surface area (Å²) >= 11 is 1.25. The Bertz CT molecular complexity index is 1770. The molecule has 13 heteroatoms. The van der Waals surface area contributed by atoms with Crippen molar-refractivity contribution in [2.75, 3.05) is 17.2 Å². The highest BCUT2D eigenvalue weighted by atomic mass is 32.2. The Balaban J connectivity index is 1.13. The highest BCUT2D eigenvalue weighted by Gasteiger charge is 2.33. The van der Waals surface area contributed by atoms with Crippen molar-refractivity contribution in [3.8, 4) is 22.8 Å². The van der Waals surface area contributed by atoms with E-state index in [1.54, 1.807) is 4.90 Å². The van der Waals surface area contributed by atoms with Gasteiger partial charge in [-0.3, -0.25) is 9.69 Å². The average molecular weight is 649 g/mol. The van der Waals surface area contributed by atoms with Gasteiger partial charge in [-0.2, -0.15) is 4.99 Å². The van der Waals surface area contributed by atoms with E-state index in [2.05, 4.69) is 39.0 Å². The number of anilines is 1. The molecule has 1 saturated heterocycles. The average Bonchev–Trinajstić information content (AvgIpc) is 3.64. The van der Waals surface area contributed by atoms with Crippen molar-refractivity contribution in [1.29, 1.82) is 0 Å². The largest absolute Gasteiger partial charge is 0.573 e. The number of ether oxygens (including phenoxy) is 1. The van der Waals surface area contributed by atoms with Gasteiger partial charge in [0.15, 0.2) is 11.0 Å². The first-order valence-corrected chi connectivity index (χ1v) is 15.4. The Kier molecular flexibility index (Phi) is 9.90. The van der Waals surface area contributed by atoms with Gasteiger partial charge in [-0.1, -0.05) is 74.2 Å². The zero-order valence-electron chi connectivity index (χ0n) is 25.3. The molecule has 0 spiro atoms. The molecule has 1 aliphatic rings. The van der Waals surface area contributed by atoms with Crippen LogP contribution in [0, 0.1) is 6.92 Å². The van der Waals surface area contributed by atoms with E-state index < -0.39 is 12.4 Å². The molecule has 0 saturated carbocycles. The number of carbonyl (C=O) groups excluding carboxylic acids is 2. The first-order chi connectivity index (χ1) is 22.0. The number of benzene rings is 3. The number of amides is 3. The number of aryl methyl sites for hydroxylation is 1. The standard InChI is InChI=1S/C33H31F3N6O3S/c1-21(2)27-16-7-22(3)18-28(27)42-29(43)19-46-32(42)39-31(44)37-17-5-4-6-23-8-10-24(11-9-23)30-38-20-41(40-30)25-12-14-26(15-13-25)45-33(34,35)36/h4,6-16,18,20-21H,5,17,19H2,1-3H3,(H,37,44)/b6-4-,39-32-. The number of aromatic nitrogens is 3. The summed E-state index contributed by atoms with van der Waals surface area (Å²) in [6, 6.07) is 18.4. The molecule has 1 fully saturated rings. The number of hydrogen-bond donors (Lipinski definition) is 1. The second-order valence-corrected chi connectivity index (χ2v) is 11.7. The number of nitrogens with zero attached hydrogens (tertiary/aromatic N) is 5. The molecule has 0 unspecified atom stereocenters. The van der Waals surface area contributed by atoms with E-state index in [9.17, 15) is 22.8 Å². The summed E-state index contributed by atoms with van der Waals surface area (Å²) in [6.07, 6.45) is 1.16. The highest BCUT2D eigenvalue weighted by molar-refractivity contribution is 8.15. The van der Waals surface area contributed by atoms with Crippen molar-refractivity contribution in [3.05, 3.63) is 95.8 Å². The number of rotatable bonds is 9. The maximum absolute atomic E-state index is 12.7. The molecule has 1 aliphatic heterocycles. The van der Waals surface area contributed by atoms with Crippen LogP contribution < -0.4 is 15.0 Å². The third-order valence-electron chi connectivity index (χ3n) is 6.90. The SMILES string of the molecule is Cc1ccc(C(C)C)c(N2C(=O)CS/C2=N\C(=O)NCC/C=C\c2ccc(-c3ncn(-c4ccc(OC(F)(F)F)cc4)n3)cc2)c1. The number of carbonyl (C=O) groups is 2. The third-order valence-corrected chi connectivity index (χ3v) is 7.83. The Labute approximate surface area is 268 Å². The summed E-state index contributed by atoms with van der Waals surface area (Å²) in [5.41, 5.74) is 5.04. The van der Waals surface area contributed by atoms with Crippen LogP contribution >= 0.6 is 11.8 Å². The van der Waals surface area contributed by atoms with Crippen molar-refractivity contribution in [3.63, 3.8) is 0 Å². The van der Waals surface area contributed by atoms with Crippen molar-refractivity contribution in [1.82, 2.24) is 20.1 Å². The Morgan fingerprint density at radius 2 is 1.85 bits per heavy atom. The fourth-order valence-corrected chi connectivity index (χ4v) is 5.55. The predicted octanol–water partition coefficient (Wildman–Crippen LogP) is 7.51. The van der Waals surface area contributed by atoms with Gasteiger partial charge in [-0.15, -0.1) is 18.3 Å². The summed E-state index contributed by atoms with van der Waals surface area (Å²) in [6.45, 7) is 6.46. The topological polar surface area (TPSA) is 102 Å². The second kappa shape index (κ2) is 14.0. The lowest BCUT2D eigenvalue weighted by atomic mass is 9.99. The molecule has 5 rings (SSSR count). The monoisotopic (exact) mass is 648 g/mol. The zero-order valence-corrected chi connectivity index (χ0v) is 26.1. The zero-order chi connectivity index (χ0) is 32.8. The van der Waals surface area contributed by atoms with Crippen LogP contribution in [0.1, 0.15) is 42.9 Å². The quantitative estimate of drug-likeness (QED) is 0.189. The number of urea groups is 1. The summed E-state index contributed by atoms with van der Waals surface area (Å²) in [5, 5.41) is 7.58. The van der Waals surface area contributed by atoms with E-state index in [0.29, 0.717) is 29.6 Å². The van der Waals surface area contributed by atoms with Gasteiger partial charge < -0.3 is 10.1 Å². The van der Waals surface area contributed by atoms with E-state index >= 15 is 0 Å². The fraction of sp³-hybridized carbons (Fsp3) is 0.242. The lowest BCUT2D eigenvalue weighted by Crippen LogP contribution is -2.32. The molecule has 4 aromatic rings. The van der Waals surface area contributed by atoms with Crippen LogP contribution in [0.2, 0.25) is 0 Å². The van der Waals surface area contributed by atoms with Crippen molar-refractivity contribution in [2.45, 2.75) is 39.5 Å². The van der Waals surface area contributed by atoms with Crippen LogP contribution in [0.5, 0.6) is 5.75 Å². The van der Waals surface area contributed by atoms with Crippen LogP contribution in [0.15, 0.2) is 84.1 Å². The summed E-state index contributed by atoms with van der Waals surface area (Å²) < 4.78 is 42.6. The number of hydrogen-bond acceptors (Lipinski definition) is 6. The summed E-state index contributed by atoms with van der Waals surface area (Å²) in [4.78, 5) is 35.4. The maximum atomic E-state index is 12.7. The van der Waals surface area contributed by atoms with Crippen LogP contribution in [0.3, 0.4) is 0 Å². The lowest BCUT2D eigenvalue weighted by molar-refractivity contribution is -0.274. The number of aliphatic imine (C=N–C) groups is 1. The maximum Gasteiger partial charge on any atom is 0.573 e. The van der Waals surface area contributed by atoms with E-state index in [1.807, 2.05) is 61.5 Å². The molecular formula is C33H31F3N6O3S. The Morgan fingerprint density at radius 1 is 1.11 bits per heavy atom. The molecule has 3 amide bonds. The minimum Gasteiger partial charge on any atom is -0.406 e. The molecule has 3 aromatic carbocycles. The second-order valence-electron chi connectivity index (χ2n) is 10.7. The molecule has 0 atom stereocenters. The van der Waals surface area contributed by atoms with Gasteiger partial charge in [0, 0.05) is 12.1 Å². The highest BCUT2D eigenvalue weighted by Crippen LogP contribution is 2.34. The number of halogens is 3. The number of alkyl halides is 3. The number of amidine groups is 1. The van der Waals surface area contributed by atoms with Crippen LogP contribution in [0.25, 0.3) is 23.2 Å². The van der Waals surface area contributed by atoms with Gasteiger partial charge >= 0.3 is 12.4 Å². The minimum atomic E-state index is -4.75. The molecule has 0 aliphatic carbocycles. The van der Waals surface area contributed by atoms with Crippen LogP contribution in [-0.4, -0.2) is 50.5 Å². The van der Waals surface area contributed by atoms with Crippen LogP contribution in [0.4, 0.5) is 23.7 Å². The molecule has 1 aromatic heterocycles. The van der Waals surface area contributed by atoms with E-state index in [1.165, 1.54) is 47.0 Å². The van der Waals surface area contributed by atoms with Gasteiger partial charge in [-0.25, -0.2) is 14.5 Å². The smallest absolute Gasteiger partial charge is 0.406 e. The molecule has 1 N–H and O–H groups in total. The van der Waals surface area contributed by atoms with E-state index in [-0.39, 0.29) is 23.3 Å². The fourth-order valence-electron chi connectivity index (χ4n) is 4.69. The molecule has 0 bridgehead atoms. The molecular weight excluding hydrogens is 617 g/mol. The van der Waals surface area contributed by atoms with Gasteiger partial charge in [0.25, 0.3) is 0 Å². The van der Waals surface area contributed by atoms with Gasteiger partial charge in [0.05, 0.1) is 17.1 Å². The predicted molar refractivity (Wildman–Crippen MR) is 173 cm³/mol. The first kappa shape index (κ1) is 32.5. The Morgan fingerprint density at radius 3 is 2.54 bits per heavy atom. The van der Waals surface area contributed by atoms with Crippen molar-refractivity contribution in [2.24, 2.45) is 4.99 Å². The van der Waals surface area contributed by atoms with Crippen LogP contribution in [-0.2, 0) is 4.79 Å². The van der Waals surface area contributed by atoms with Gasteiger partial charge in [-0.05, 0) is 66.3 Å².